The zero-order chi connectivity index (χ0) is 31.0. The Kier molecular flexibility index (Phi) is 8.26. The van der Waals surface area contributed by atoms with Crippen LogP contribution in [0.1, 0.15) is 22.3 Å². The van der Waals surface area contributed by atoms with Crippen molar-refractivity contribution in [1.82, 2.24) is 19.7 Å². The van der Waals surface area contributed by atoms with Gasteiger partial charge in [-0.2, -0.15) is 5.10 Å². The number of nitrogens with one attached hydrogen (secondary N) is 1. The SMILES string of the molecule is COc1nc(-c2cccc(-c3cccc(NC(=O)c4ccnn(C)c4=O)c3Cl)c2Cl)ccc1CN1C(=O)O[C@H]2COCCC21. The van der Waals surface area contributed by atoms with Crippen LogP contribution in [0.15, 0.2) is 65.6 Å². The Balaban J connectivity index is 1.28. The Hall–Kier alpha value is -4.45. The molecule has 1 unspecified atom stereocenters. The van der Waals surface area contributed by atoms with Crippen molar-refractivity contribution < 1.29 is 23.8 Å². The van der Waals surface area contributed by atoms with E-state index in [-0.39, 0.29) is 35.4 Å². The summed E-state index contributed by atoms with van der Waals surface area (Å²) >= 11 is 13.7. The quantitative estimate of drug-likeness (QED) is 0.294. The van der Waals surface area contributed by atoms with Crippen molar-refractivity contribution in [3.8, 4) is 28.3 Å². The van der Waals surface area contributed by atoms with E-state index in [1.54, 1.807) is 23.1 Å². The molecule has 2 aromatic heterocycles. The summed E-state index contributed by atoms with van der Waals surface area (Å²) in [6, 6.07) is 15.6. The number of halogens is 2. The van der Waals surface area contributed by atoms with Crippen molar-refractivity contribution in [3.63, 3.8) is 0 Å². The Morgan fingerprint density at radius 2 is 1.80 bits per heavy atom. The van der Waals surface area contributed by atoms with Gasteiger partial charge in [-0.1, -0.05) is 53.5 Å². The van der Waals surface area contributed by atoms with Gasteiger partial charge in [0.2, 0.25) is 5.88 Å². The summed E-state index contributed by atoms with van der Waals surface area (Å²) in [5.41, 5.74) is 2.80. The van der Waals surface area contributed by atoms with Gasteiger partial charge in [0, 0.05) is 42.1 Å². The molecule has 13 heteroatoms. The van der Waals surface area contributed by atoms with Gasteiger partial charge >= 0.3 is 6.09 Å². The number of hydrogen-bond acceptors (Lipinski definition) is 8. The van der Waals surface area contributed by atoms with E-state index in [9.17, 15) is 14.4 Å². The number of nitrogens with zero attached hydrogens (tertiary/aromatic N) is 4. The molecule has 2 aromatic carbocycles. The van der Waals surface area contributed by atoms with Crippen molar-refractivity contribution in [2.75, 3.05) is 25.6 Å². The van der Waals surface area contributed by atoms with Gasteiger partial charge in [0.25, 0.3) is 11.5 Å². The van der Waals surface area contributed by atoms with Crippen molar-refractivity contribution >= 4 is 40.9 Å². The van der Waals surface area contributed by atoms with E-state index in [1.807, 2.05) is 30.3 Å². The van der Waals surface area contributed by atoms with Crippen LogP contribution in [0.4, 0.5) is 10.5 Å². The second-order valence-electron chi connectivity index (χ2n) is 10.3. The average Bonchev–Trinajstić information content (AvgIpc) is 3.34. The fourth-order valence-corrected chi connectivity index (χ4v) is 6.03. The number of pyridine rings is 1. The van der Waals surface area contributed by atoms with E-state index in [0.29, 0.717) is 58.6 Å². The largest absolute Gasteiger partial charge is 0.481 e. The molecule has 4 heterocycles. The molecule has 2 amide bonds. The van der Waals surface area contributed by atoms with Crippen molar-refractivity contribution in [3.05, 3.63) is 92.3 Å². The molecule has 226 valence electrons. The first-order valence-corrected chi connectivity index (χ1v) is 14.5. The molecule has 0 aliphatic carbocycles. The molecule has 1 N–H and O–H groups in total. The third-order valence-corrected chi connectivity index (χ3v) is 8.51. The van der Waals surface area contributed by atoms with E-state index in [2.05, 4.69) is 10.4 Å². The molecule has 2 atom stereocenters. The van der Waals surface area contributed by atoms with Crippen LogP contribution in [0.25, 0.3) is 22.4 Å². The number of rotatable bonds is 7. The lowest BCUT2D eigenvalue weighted by molar-refractivity contribution is -0.00816. The maximum Gasteiger partial charge on any atom is 0.410 e. The van der Waals surface area contributed by atoms with E-state index < -0.39 is 11.5 Å². The Morgan fingerprint density at radius 1 is 1.05 bits per heavy atom. The molecular formula is C31H27Cl2N5O6. The minimum atomic E-state index is -0.613. The van der Waals surface area contributed by atoms with Gasteiger partial charge in [-0.25, -0.2) is 14.5 Å². The number of carbonyl (C=O) groups excluding carboxylic acids is 2. The number of carbonyl (C=O) groups is 2. The minimum absolute atomic E-state index is 0.0629. The van der Waals surface area contributed by atoms with E-state index in [0.717, 1.165) is 10.2 Å². The first-order chi connectivity index (χ1) is 21.3. The number of hydrogen-bond donors (Lipinski definition) is 1. The molecule has 0 bridgehead atoms. The number of aromatic nitrogens is 3. The Morgan fingerprint density at radius 3 is 2.59 bits per heavy atom. The van der Waals surface area contributed by atoms with E-state index in [1.165, 1.54) is 26.4 Å². The second-order valence-corrected chi connectivity index (χ2v) is 11.1. The van der Waals surface area contributed by atoms with Gasteiger partial charge in [-0.05, 0) is 30.7 Å². The fourth-order valence-electron chi connectivity index (χ4n) is 5.43. The molecule has 11 nitrogen and oxygen atoms in total. The molecule has 0 saturated carbocycles. The van der Waals surface area contributed by atoms with Gasteiger partial charge in [-0.15, -0.1) is 0 Å². The predicted molar refractivity (Wildman–Crippen MR) is 164 cm³/mol. The monoisotopic (exact) mass is 635 g/mol. The number of benzene rings is 2. The summed E-state index contributed by atoms with van der Waals surface area (Å²) in [6.07, 6.45) is 1.41. The maximum atomic E-state index is 12.9. The summed E-state index contributed by atoms with van der Waals surface area (Å²) in [4.78, 5) is 44.2. The number of aryl methyl sites for hydroxylation is 1. The van der Waals surface area contributed by atoms with E-state index in [4.69, 9.17) is 42.4 Å². The van der Waals surface area contributed by atoms with Crippen LogP contribution >= 0.6 is 23.2 Å². The normalized spacial score (nSPS) is 17.6. The van der Waals surface area contributed by atoms with Crippen LogP contribution in [0.5, 0.6) is 5.88 Å². The first kappa shape index (κ1) is 29.6. The summed E-state index contributed by atoms with van der Waals surface area (Å²) in [7, 11) is 2.99. The van der Waals surface area contributed by atoms with E-state index >= 15 is 0 Å². The molecule has 0 radical (unpaired) electrons. The lowest BCUT2D eigenvalue weighted by atomic mass is 10.00. The van der Waals surface area contributed by atoms with Gasteiger partial charge in [0.1, 0.15) is 11.7 Å². The van der Waals surface area contributed by atoms with Crippen molar-refractivity contribution in [2.45, 2.75) is 25.1 Å². The lowest BCUT2D eigenvalue weighted by Gasteiger charge is -2.28. The molecule has 0 spiro atoms. The van der Waals surface area contributed by atoms with Gasteiger partial charge in [-0.3, -0.25) is 14.5 Å². The maximum absolute atomic E-state index is 12.9. The Labute approximate surface area is 262 Å². The van der Waals surface area contributed by atoms with Crippen LogP contribution in [0, 0.1) is 0 Å². The van der Waals surface area contributed by atoms with Gasteiger partial charge in [0.15, 0.2) is 0 Å². The highest BCUT2D eigenvalue weighted by Crippen LogP contribution is 2.41. The zero-order valence-electron chi connectivity index (χ0n) is 23.8. The third kappa shape index (κ3) is 5.49. The molecule has 2 fully saturated rings. The summed E-state index contributed by atoms with van der Waals surface area (Å²) in [5.74, 6) is -0.255. The summed E-state index contributed by atoms with van der Waals surface area (Å²) in [6.45, 7) is 1.24. The number of fused-ring (bicyclic) bond motifs is 1. The number of ether oxygens (including phenoxy) is 3. The number of amides is 2. The fraction of sp³-hybridized carbons (Fsp3) is 0.258. The van der Waals surface area contributed by atoms with Crippen molar-refractivity contribution in [1.29, 1.82) is 0 Å². The van der Waals surface area contributed by atoms with Crippen LogP contribution in [0.2, 0.25) is 10.0 Å². The smallest absolute Gasteiger partial charge is 0.410 e. The summed E-state index contributed by atoms with van der Waals surface area (Å²) < 4.78 is 17.6. The molecule has 2 saturated heterocycles. The molecule has 44 heavy (non-hydrogen) atoms. The lowest BCUT2D eigenvalue weighted by Crippen LogP contribution is -2.42. The summed E-state index contributed by atoms with van der Waals surface area (Å²) in [5, 5.41) is 7.19. The number of anilines is 1. The first-order valence-electron chi connectivity index (χ1n) is 13.8. The highest BCUT2D eigenvalue weighted by molar-refractivity contribution is 6.39. The zero-order valence-corrected chi connectivity index (χ0v) is 25.3. The molecule has 2 aliphatic heterocycles. The molecule has 4 aromatic rings. The number of methoxy groups -OCH3 is 1. The highest BCUT2D eigenvalue weighted by Gasteiger charge is 2.43. The van der Waals surface area contributed by atoms with Crippen LogP contribution < -0.4 is 15.6 Å². The Bertz CT molecular complexity index is 1830. The second kappa shape index (κ2) is 12.3. The standard InChI is InChI=1S/C31H27Cl2N5O6/c1-37-30(40)21(11-13-34-37)28(39)35-23-8-4-6-19(27(23)33)18-5-3-7-20(26(18)32)22-10-9-17(29(36-22)42-2)15-38-24-12-14-43-16-25(24)44-31(38)41/h3-11,13,24-25H,12,14-16H2,1-2H3,(H,35,39)/t24?,25-/m0/s1. The van der Waals surface area contributed by atoms with Gasteiger partial charge in [0.05, 0.1) is 47.7 Å². The topological polar surface area (TPSA) is 125 Å². The van der Waals surface area contributed by atoms with Crippen LogP contribution in [0.3, 0.4) is 0 Å². The van der Waals surface area contributed by atoms with Crippen LogP contribution in [-0.2, 0) is 23.1 Å². The third-order valence-electron chi connectivity index (χ3n) is 7.69. The average molecular weight is 636 g/mol. The predicted octanol–water partition coefficient (Wildman–Crippen LogP) is 5.19. The van der Waals surface area contributed by atoms with Gasteiger partial charge < -0.3 is 19.5 Å². The highest BCUT2D eigenvalue weighted by atomic mass is 35.5. The minimum Gasteiger partial charge on any atom is -0.481 e. The molecule has 2 aliphatic rings. The van der Waals surface area contributed by atoms with Crippen molar-refractivity contribution in [2.24, 2.45) is 7.05 Å². The molecule has 6 rings (SSSR count). The molecular weight excluding hydrogens is 609 g/mol. The van der Waals surface area contributed by atoms with Crippen LogP contribution in [-0.4, -0.2) is 64.1 Å².